The lowest BCUT2D eigenvalue weighted by Crippen LogP contribution is -2.13. The molecule has 0 aliphatic rings. The van der Waals surface area contributed by atoms with E-state index in [-0.39, 0.29) is 11.5 Å². The molecule has 2 aromatic carbocycles. The third-order valence-electron chi connectivity index (χ3n) is 3.36. The third-order valence-corrected chi connectivity index (χ3v) is 3.36. The molecule has 0 saturated carbocycles. The van der Waals surface area contributed by atoms with Crippen LogP contribution in [0.25, 0.3) is 0 Å². The Kier molecular flexibility index (Phi) is 4.38. The minimum atomic E-state index is -1.02. The second kappa shape index (κ2) is 6.22. The highest BCUT2D eigenvalue weighted by Crippen LogP contribution is 2.18. The molecule has 0 spiro atoms. The average Bonchev–Trinajstić information content (AvgIpc) is 2.49. The maximum absolute atomic E-state index is 12.2. The molecule has 0 saturated heterocycles. The predicted molar refractivity (Wildman–Crippen MR) is 81.9 cm³/mol. The van der Waals surface area contributed by atoms with Gasteiger partial charge in [-0.15, -0.1) is 0 Å². The van der Waals surface area contributed by atoms with Crippen molar-refractivity contribution in [1.29, 1.82) is 0 Å². The van der Waals surface area contributed by atoms with Crippen LogP contribution in [0.1, 0.15) is 38.8 Å². The van der Waals surface area contributed by atoms with E-state index in [2.05, 4.69) is 12.2 Å². The molecule has 0 bridgehead atoms. The number of benzene rings is 2. The van der Waals surface area contributed by atoms with E-state index in [1.807, 2.05) is 19.1 Å². The minimum absolute atomic E-state index is 0.150. The van der Waals surface area contributed by atoms with Gasteiger partial charge in [0.2, 0.25) is 0 Å². The number of carbonyl (C=O) groups excluding carboxylic acids is 1. The van der Waals surface area contributed by atoms with Crippen LogP contribution in [0.5, 0.6) is 0 Å². The van der Waals surface area contributed by atoms with E-state index in [0.717, 1.165) is 17.5 Å². The van der Waals surface area contributed by atoms with Crippen LogP contribution in [0.3, 0.4) is 0 Å². The number of anilines is 1. The van der Waals surface area contributed by atoms with Crippen LogP contribution < -0.4 is 5.32 Å². The van der Waals surface area contributed by atoms with E-state index >= 15 is 0 Å². The van der Waals surface area contributed by atoms with E-state index < -0.39 is 5.97 Å². The lowest BCUT2D eigenvalue weighted by molar-refractivity contribution is 0.0696. The number of carboxylic acid groups (broad SMARTS) is 1. The van der Waals surface area contributed by atoms with Crippen LogP contribution in [0.4, 0.5) is 5.69 Å². The molecule has 0 heterocycles. The number of hydrogen-bond acceptors (Lipinski definition) is 2. The number of nitrogens with one attached hydrogen (secondary N) is 1. The van der Waals surface area contributed by atoms with Gasteiger partial charge in [-0.3, -0.25) is 4.79 Å². The third kappa shape index (κ3) is 3.48. The molecule has 2 N–H and O–H groups in total. The smallest absolute Gasteiger partial charge is 0.335 e. The highest BCUT2D eigenvalue weighted by atomic mass is 16.4. The van der Waals surface area contributed by atoms with Crippen LogP contribution in [0.2, 0.25) is 0 Å². The van der Waals surface area contributed by atoms with Crippen molar-refractivity contribution in [3.63, 3.8) is 0 Å². The summed E-state index contributed by atoms with van der Waals surface area (Å²) < 4.78 is 0. The summed E-state index contributed by atoms with van der Waals surface area (Å²) in [4.78, 5) is 23.2. The van der Waals surface area contributed by atoms with Crippen molar-refractivity contribution >= 4 is 17.6 Å². The summed E-state index contributed by atoms with van der Waals surface area (Å²) in [6.45, 7) is 3.87. The van der Waals surface area contributed by atoms with Crippen LogP contribution in [-0.2, 0) is 6.42 Å². The number of rotatable bonds is 4. The molecule has 1 amide bonds. The Balaban J connectivity index is 2.22. The zero-order chi connectivity index (χ0) is 15.4. The quantitative estimate of drug-likeness (QED) is 0.902. The van der Waals surface area contributed by atoms with Crippen LogP contribution in [0.15, 0.2) is 42.5 Å². The Labute approximate surface area is 123 Å². The molecule has 0 unspecified atom stereocenters. The summed E-state index contributed by atoms with van der Waals surface area (Å²) in [6, 6.07) is 12.0. The fraction of sp³-hybridized carbons (Fsp3) is 0.176. The molecule has 0 atom stereocenters. The highest BCUT2D eigenvalue weighted by Gasteiger charge is 2.10. The van der Waals surface area contributed by atoms with Crippen molar-refractivity contribution in [3.8, 4) is 0 Å². The zero-order valence-corrected chi connectivity index (χ0v) is 12.0. The maximum Gasteiger partial charge on any atom is 0.335 e. The van der Waals surface area contributed by atoms with Gasteiger partial charge in [-0.05, 0) is 48.7 Å². The van der Waals surface area contributed by atoms with E-state index in [9.17, 15) is 9.59 Å². The first kappa shape index (κ1) is 14.8. The number of hydrogen-bond donors (Lipinski definition) is 2. The number of carbonyl (C=O) groups is 2. The molecule has 108 valence electrons. The minimum Gasteiger partial charge on any atom is -0.478 e. The first-order valence-electron chi connectivity index (χ1n) is 6.75. The van der Waals surface area contributed by atoms with Crippen LogP contribution in [-0.4, -0.2) is 17.0 Å². The molecular formula is C17H17NO3. The SMILES string of the molecule is CCc1ccc(C(=O)Nc2cc(C(=O)O)ccc2C)cc1. The summed E-state index contributed by atoms with van der Waals surface area (Å²) in [6.07, 6.45) is 0.918. The predicted octanol–water partition coefficient (Wildman–Crippen LogP) is 3.51. The van der Waals surface area contributed by atoms with Crippen LogP contribution in [0, 0.1) is 6.92 Å². The number of amides is 1. The molecule has 0 radical (unpaired) electrons. The largest absolute Gasteiger partial charge is 0.478 e. The van der Waals surface area contributed by atoms with E-state index in [1.54, 1.807) is 18.2 Å². The van der Waals surface area contributed by atoms with Gasteiger partial charge in [0.05, 0.1) is 5.56 Å². The van der Waals surface area contributed by atoms with Crippen molar-refractivity contribution in [3.05, 3.63) is 64.7 Å². The molecule has 2 rings (SSSR count). The standard InChI is InChI=1S/C17H17NO3/c1-3-12-5-8-13(9-6-12)16(19)18-15-10-14(17(20)21)7-4-11(15)2/h4-10H,3H2,1-2H3,(H,18,19)(H,20,21). The fourth-order valence-corrected chi connectivity index (χ4v) is 1.98. The van der Waals surface area contributed by atoms with Gasteiger partial charge >= 0.3 is 5.97 Å². The van der Waals surface area contributed by atoms with Gasteiger partial charge in [-0.2, -0.15) is 0 Å². The van der Waals surface area contributed by atoms with E-state index in [4.69, 9.17) is 5.11 Å². The number of aryl methyl sites for hydroxylation is 2. The van der Waals surface area contributed by atoms with Gasteiger partial charge in [0.25, 0.3) is 5.91 Å². The van der Waals surface area contributed by atoms with Crippen molar-refractivity contribution in [2.24, 2.45) is 0 Å². The maximum atomic E-state index is 12.2. The first-order valence-corrected chi connectivity index (χ1v) is 6.75. The normalized spacial score (nSPS) is 10.2. The van der Waals surface area contributed by atoms with Crippen molar-refractivity contribution in [2.75, 3.05) is 5.32 Å². The molecule has 2 aromatic rings. The summed E-state index contributed by atoms with van der Waals surface area (Å²) in [5.41, 5.74) is 3.19. The topological polar surface area (TPSA) is 66.4 Å². The number of aromatic carboxylic acids is 1. The van der Waals surface area contributed by atoms with Gasteiger partial charge in [0.15, 0.2) is 0 Å². The molecule has 4 nitrogen and oxygen atoms in total. The molecule has 0 fully saturated rings. The van der Waals surface area contributed by atoms with Crippen molar-refractivity contribution in [2.45, 2.75) is 20.3 Å². The number of carboxylic acids is 1. The van der Waals surface area contributed by atoms with Crippen molar-refractivity contribution in [1.82, 2.24) is 0 Å². The second-order valence-corrected chi connectivity index (χ2v) is 4.84. The monoisotopic (exact) mass is 283 g/mol. The molecule has 0 aromatic heterocycles. The lowest BCUT2D eigenvalue weighted by Gasteiger charge is -2.09. The highest BCUT2D eigenvalue weighted by molar-refractivity contribution is 6.05. The summed E-state index contributed by atoms with van der Waals surface area (Å²) in [5, 5.41) is 11.8. The Morgan fingerprint density at radius 2 is 1.67 bits per heavy atom. The molecule has 4 heteroatoms. The molecule has 0 aliphatic heterocycles. The Hall–Kier alpha value is -2.62. The van der Waals surface area contributed by atoms with Gasteiger partial charge in [0.1, 0.15) is 0 Å². The zero-order valence-electron chi connectivity index (χ0n) is 12.0. The van der Waals surface area contributed by atoms with E-state index in [0.29, 0.717) is 11.3 Å². The Morgan fingerprint density at radius 3 is 2.24 bits per heavy atom. The summed E-state index contributed by atoms with van der Waals surface area (Å²) in [7, 11) is 0. The van der Waals surface area contributed by atoms with Gasteiger partial charge in [0, 0.05) is 11.3 Å². The van der Waals surface area contributed by atoms with Gasteiger partial charge in [-0.25, -0.2) is 4.79 Å². The average molecular weight is 283 g/mol. The lowest BCUT2D eigenvalue weighted by atomic mass is 10.1. The summed E-state index contributed by atoms with van der Waals surface area (Å²) >= 11 is 0. The fourth-order valence-electron chi connectivity index (χ4n) is 1.98. The van der Waals surface area contributed by atoms with Crippen molar-refractivity contribution < 1.29 is 14.7 Å². The Bertz CT molecular complexity index is 675. The molecule has 0 aliphatic carbocycles. The van der Waals surface area contributed by atoms with Crippen LogP contribution >= 0.6 is 0 Å². The van der Waals surface area contributed by atoms with E-state index in [1.165, 1.54) is 12.1 Å². The summed E-state index contributed by atoms with van der Waals surface area (Å²) in [5.74, 6) is -1.26. The van der Waals surface area contributed by atoms with Gasteiger partial charge in [-0.1, -0.05) is 25.1 Å². The second-order valence-electron chi connectivity index (χ2n) is 4.84. The molecular weight excluding hydrogens is 266 g/mol. The molecule has 21 heavy (non-hydrogen) atoms. The first-order chi connectivity index (χ1) is 10.0. The van der Waals surface area contributed by atoms with Gasteiger partial charge < -0.3 is 10.4 Å². The Morgan fingerprint density at radius 1 is 1.05 bits per heavy atom.